The van der Waals surface area contributed by atoms with Crippen LogP contribution in [0.2, 0.25) is 0 Å². The summed E-state index contributed by atoms with van der Waals surface area (Å²) in [6.07, 6.45) is 6.73. The monoisotopic (exact) mass is 457 g/mol. The number of hydrogen-bond acceptors (Lipinski definition) is 4. The highest BCUT2D eigenvalue weighted by molar-refractivity contribution is 6.05. The first-order chi connectivity index (χ1) is 16.5. The zero-order valence-corrected chi connectivity index (χ0v) is 20.0. The molecule has 1 aliphatic carbocycles. The third kappa shape index (κ3) is 3.67. The quantitative estimate of drug-likeness (QED) is 0.569. The maximum absolute atomic E-state index is 14.0. The number of carbonyl (C=O) groups is 2. The number of rotatable bonds is 4. The summed E-state index contributed by atoms with van der Waals surface area (Å²) < 4.78 is 1.92. The molecular formula is C27H31N5O2. The number of aromatic nitrogens is 3. The number of fused-ring (bicyclic) bond motifs is 1. The summed E-state index contributed by atoms with van der Waals surface area (Å²) in [5.41, 5.74) is 6.40. The molecule has 6 rings (SSSR count). The van der Waals surface area contributed by atoms with E-state index >= 15 is 0 Å². The van der Waals surface area contributed by atoms with Crippen LogP contribution < -0.4 is 4.90 Å². The number of nitrogens with zero attached hydrogens (tertiary/aromatic N) is 5. The van der Waals surface area contributed by atoms with Crippen LogP contribution in [0.4, 0.5) is 5.69 Å². The normalized spacial score (nSPS) is 21.0. The molecule has 7 heteroatoms. The lowest BCUT2D eigenvalue weighted by Gasteiger charge is -2.35. The third-order valence-corrected chi connectivity index (χ3v) is 7.49. The Balaban J connectivity index is 1.37. The second-order valence-electron chi connectivity index (χ2n) is 10.1. The van der Waals surface area contributed by atoms with Gasteiger partial charge in [0.1, 0.15) is 0 Å². The summed E-state index contributed by atoms with van der Waals surface area (Å²) in [4.78, 5) is 35.1. The average molecular weight is 458 g/mol. The van der Waals surface area contributed by atoms with Crippen molar-refractivity contribution in [1.82, 2.24) is 19.5 Å². The van der Waals surface area contributed by atoms with Gasteiger partial charge in [0.05, 0.1) is 23.0 Å². The van der Waals surface area contributed by atoms with Gasteiger partial charge in [-0.15, -0.1) is 0 Å². The van der Waals surface area contributed by atoms with E-state index in [2.05, 4.69) is 19.1 Å². The molecule has 3 aromatic rings. The van der Waals surface area contributed by atoms with Gasteiger partial charge in [0.25, 0.3) is 5.91 Å². The molecule has 0 radical (unpaired) electrons. The predicted octanol–water partition coefficient (Wildman–Crippen LogP) is 4.72. The molecule has 1 aromatic carbocycles. The van der Waals surface area contributed by atoms with Gasteiger partial charge in [-0.05, 0) is 70.6 Å². The van der Waals surface area contributed by atoms with Crippen LogP contribution in [-0.2, 0) is 4.79 Å². The Morgan fingerprint density at radius 2 is 1.82 bits per heavy atom. The van der Waals surface area contributed by atoms with Gasteiger partial charge in [-0.25, -0.2) is 9.50 Å². The maximum Gasteiger partial charge on any atom is 0.256 e. The van der Waals surface area contributed by atoms with Crippen molar-refractivity contribution in [1.29, 1.82) is 0 Å². The number of piperidine rings is 1. The van der Waals surface area contributed by atoms with E-state index in [4.69, 9.17) is 10.1 Å². The van der Waals surface area contributed by atoms with E-state index in [-0.39, 0.29) is 17.9 Å². The molecule has 2 aliphatic heterocycles. The zero-order valence-electron chi connectivity index (χ0n) is 20.0. The van der Waals surface area contributed by atoms with Gasteiger partial charge in [0, 0.05) is 42.9 Å². The van der Waals surface area contributed by atoms with E-state index in [0.29, 0.717) is 31.0 Å². The molecule has 2 saturated heterocycles. The van der Waals surface area contributed by atoms with Crippen molar-refractivity contribution in [2.45, 2.75) is 70.8 Å². The lowest BCUT2D eigenvalue weighted by molar-refractivity contribution is -0.117. The van der Waals surface area contributed by atoms with E-state index in [1.807, 2.05) is 34.5 Å². The van der Waals surface area contributed by atoms with Crippen molar-refractivity contribution >= 4 is 23.1 Å². The second kappa shape index (κ2) is 8.22. The minimum Gasteiger partial charge on any atom is -0.330 e. The summed E-state index contributed by atoms with van der Waals surface area (Å²) in [6.45, 7) is 5.44. The van der Waals surface area contributed by atoms with Gasteiger partial charge in [-0.2, -0.15) is 5.10 Å². The van der Waals surface area contributed by atoms with Crippen molar-refractivity contribution < 1.29 is 9.59 Å². The van der Waals surface area contributed by atoms with Crippen LogP contribution >= 0.6 is 0 Å². The lowest BCUT2D eigenvalue weighted by atomic mass is 9.97. The molecule has 4 heterocycles. The molecule has 7 nitrogen and oxygen atoms in total. The Labute approximate surface area is 199 Å². The Kier molecular flexibility index (Phi) is 5.15. The minimum atomic E-state index is -0.0885. The van der Waals surface area contributed by atoms with Crippen LogP contribution in [0.5, 0.6) is 0 Å². The van der Waals surface area contributed by atoms with E-state index in [1.165, 1.54) is 12.8 Å². The molecule has 34 heavy (non-hydrogen) atoms. The van der Waals surface area contributed by atoms with Crippen molar-refractivity contribution in [3.05, 3.63) is 58.5 Å². The molecule has 3 aliphatic rings. The number of likely N-dealkylation sites (tertiary alicyclic amines) is 1. The Morgan fingerprint density at radius 3 is 2.59 bits per heavy atom. The fourth-order valence-electron chi connectivity index (χ4n) is 5.52. The van der Waals surface area contributed by atoms with Gasteiger partial charge in [-0.3, -0.25) is 9.59 Å². The molecule has 0 spiro atoms. The van der Waals surface area contributed by atoms with Crippen LogP contribution in [0.25, 0.3) is 5.65 Å². The van der Waals surface area contributed by atoms with Crippen LogP contribution in [0.3, 0.4) is 0 Å². The summed E-state index contributed by atoms with van der Waals surface area (Å²) in [5, 5.41) is 4.91. The van der Waals surface area contributed by atoms with Gasteiger partial charge in [0.2, 0.25) is 5.91 Å². The maximum atomic E-state index is 14.0. The first-order valence-corrected chi connectivity index (χ1v) is 12.6. The number of hydrogen-bond donors (Lipinski definition) is 0. The highest BCUT2D eigenvalue weighted by atomic mass is 16.2. The van der Waals surface area contributed by atoms with E-state index in [1.54, 1.807) is 4.90 Å². The number of anilines is 1. The molecule has 0 N–H and O–H groups in total. The molecule has 176 valence electrons. The highest BCUT2D eigenvalue weighted by Gasteiger charge is 2.34. The van der Waals surface area contributed by atoms with Gasteiger partial charge < -0.3 is 9.80 Å². The van der Waals surface area contributed by atoms with Gasteiger partial charge >= 0.3 is 0 Å². The number of carbonyl (C=O) groups excluding carboxylic acids is 2. The van der Waals surface area contributed by atoms with Crippen molar-refractivity contribution in [3.63, 3.8) is 0 Å². The smallest absolute Gasteiger partial charge is 0.256 e. The first kappa shape index (κ1) is 21.3. The van der Waals surface area contributed by atoms with Crippen LogP contribution in [0, 0.1) is 13.8 Å². The Hall–Kier alpha value is -3.22. The predicted molar refractivity (Wildman–Crippen MR) is 130 cm³/mol. The molecule has 2 aromatic heterocycles. The van der Waals surface area contributed by atoms with Crippen molar-refractivity contribution in [2.24, 2.45) is 0 Å². The fraction of sp³-hybridized carbons (Fsp3) is 0.481. The first-order valence-electron chi connectivity index (χ1n) is 12.6. The number of amides is 2. The van der Waals surface area contributed by atoms with Crippen LogP contribution in [0.1, 0.15) is 89.9 Å². The van der Waals surface area contributed by atoms with Crippen molar-refractivity contribution in [2.75, 3.05) is 18.0 Å². The Morgan fingerprint density at radius 1 is 0.971 bits per heavy atom. The second-order valence-corrected chi connectivity index (χ2v) is 10.1. The molecule has 1 atom stereocenters. The molecular weight excluding hydrogens is 426 g/mol. The summed E-state index contributed by atoms with van der Waals surface area (Å²) in [6, 6.07) is 9.98. The lowest BCUT2D eigenvalue weighted by Crippen LogP contribution is -2.39. The average Bonchev–Trinajstić information content (AvgIpc) is 3.46. The minimum absolute atomic E-state index is 0.0106. The summed E-state index contributed by atoms with van der Waals surface area (Å²) in [5.74, 6) is 0.674. The topological polar surface area (TPSA) is 70.8 Å². The van der Waals surface area contributed by atoms with E-state index in [9.17, 15) is 9.59 Å². The van der Waals surface area contributed by atoms with Gasteiger partial charge in [0.15, 0.2) is 5.65 Å². The molecule has 3 fully saturated rings. The van der Waals surface area contributed by atoms with Crippen LogP contribution in [0.15, 0.2) is 30.3 Å². The van der Waals surface area contributed by atoms with E-state index < -0.39 is 0 Å². The largest absolute Gasteiger partial charge is 0.330 e. The molecule has 1 saturated carbocycles. The SMILES string of the molecule is Cc1ccc(N2CCCC2=O)c(C(=O)N2CCCC[C@H]2c2cc3nc(C4CC4)cc(C)n3n2)c1. The fourth-order valence-corrected chi connectivity index (χ4v) is 5.52. The van der Waals surface area contributed by atoms with Crippen LogP contribution in [-0.4, -0.2) is 44.4 Å². The van der Waals surface area contributed by atoms with Gasteiger partial charge in [-0.1, -0.05) is 11.6 Å². The Bertz CT molecular complexity index is 1290. The molecule has 0 bridgehead atoms. The summed E-state index contributed by atoms with van der Waals surface area (Å²) in [7, 11) is 0. The zero-order chi connectivity index (χ0) is 23.4. The van der Waals surface area contributed by atoms with Crippen molar-refractivity contribution in [3.8, 4) is 0 Å². The third-order valence-electron chi connectivity index (χ3n) is 7.49. The number of benzene rings is 1. The standard InChI is InChI=1S/C27H31N5O2/c1-17-8-11-23(30-13-5-7-26(30)33)20(14-17)27(34)31-12-4-3-6-24(31)22-16-25-28-21(19-9-10-19)15-18(2)32(25)29-22/h8,11,14-16,19,24H,3-7,9-10,12-13H2,1-2H3/t24-/m0/s1. The molecule has 2 amide bonds. The number of aryl methyl sites for hydroxylation is 2. The highest BCUT2D eigenvalue weighted by Crippen LogP contribution is 2.40. The van der Waals surface area contributed by atoms with E-state index in [0.717, 1.165) is 59.7 Å². The molecule has 0 unspecified atom stereocenters. The summed E-state index contributed by atoms with van der Waals surface area (Å²) >= 11 is 0.